The smallest absolute Gasteiger partial charge is 0.00224 e. The number of rotatable bonds is 7. The van der Waals surface area contributed by atoms with Gasteiger partial charge in [0.2, 0.25) is 0 Å². The SMILES string of the molecule is CCN(C)C[C@H]1CCN(CCCC2CCCCC2)C1. The standard InChI is InChI=1S/C17H34N2/c1-3-18(2)14-17-11-13-19(15-17)12-7-10-16-8-5-4-6-9-16/h16-17H,3-15H2,1-2H3/t17-/m1/s1. The van der Waals surface area contributed by atoms with Gasteiger partial charge in [-0.1, -0.05) is 39.0 Å². The second-order valence-corrected chi connectivity index (χ2v) is 6.96. The summed E-state index contributed by atoms with van der Waals surface area (Å²) < 4.78 is 0. The van der Waals surface area contributed by atoms with E-state index in [1.165, 1.54) is 84.1 Å². The highest BCUT2D eigenvalue weighted by molar-refractivity contribution is 4.77. The van der Waals surface area contributed by atoms with Gasteiger partial charge in [0.25, 0.3) is 0 Å². The minimum Gasteiger partial charge on any atom is -0.306 e. The van der Waals surface area contributed by atoms with Gasteiger partial charge in [-0.15, -0.1) is 0 Å². The van der Waals surface area contributed by atoms with Crippen molar-refractivity contribution in [1.82, 2.24) is 9.80 Å². The molecule has 1 saturated carbocycles. The molecule has 112 valence electrons. The first-order chi connectivity index (χ1) is 9.28. The van der Waals surface area contributed by atoms with Gasteiger partial charge in [-0.3, -0.25) is 0 Å². The minimum atomic E-state index is 0.930. The zero-order valence-corrected chi connectivity index (χ0v) is 13.2. The summed E-state index contributed by atoms with van der Waals surface area (Å²) in [4.78, 5) is 5.19. The first kappa shape index (κ1) is 15.3. The molecular formula is C17H34N2. The lowest BCUT2D eigenvalue weighted by Gasteiger charge is -2.23. The molecule has 0 radical (unpaired) electrons. The zero-order valence-electron chi connectivity index (χ0n) is 13.2. The lowest BCUT2D eigenvalue weighted by Crippen LogP contribution is -2.28. The number of hydrogen-bond acceptors (Lipinski definition) is 2. The minimum absolute atomic E-state index is 0.930. The van der Waals surface area contributed by atoms with Gasteiger partial charge < -0.3 is 9.80 Å². The van der Waals surface area contributed by atoms with Crippen LogP contribution < -0.4 is 0 Å². The van der Waals surface area contributed by atoms with Crippen LogP contribution in [0, 0.1) is 11.8 Å². The maximum absolute atomic E-state index is 2.72. The Kier molecular flexibility index (Phi) is 6.66. The molecule has 2 fully saturated rings. The molecule has 0 spiro atoms. The molecule has 1 saturated heterocycles. The van der Waals surface area contributed by atoms with Crippen molar-refractivity contribution in [3.05, 3.63) is 0 Å². The second kappa shape index (κ2) is 8.26. The van der Waals surface area contributed by atoms with Crippen molar-refractivity contribution in [2.45, 2.75) is 58.3 Å². The van der Waals surface area contributed by atoms with Crippen molar-refractivity contribution in [1.29, 1.82) is 0 Å². The molecule has 1 atom stereocenters. The van der Waals surface area contributed by atoms with Gasteiger partial charge in [0.05, 0.1) is 0 Å². The normalized spacial score (nSPS) is 26.4. The Morgan fingerprint density at radius 3 is 2.58 bits per heavy atom. The molecule has 0 bridgehead atoms. The summed E-state index contributed by atoms with van der Waals surface area (Å²) in [6.07, 6.45) is 11.9. The number of nitrogens with zero attached hydrogens (tertiary/aromatic N) is 2. The van der Waals surface area contributed by atoms with E-state index >= 15 is 0 Å². The van der Waals surface area contributed by atoms with Crippen molar-refractivity contribution in [2.75, 3.05) is 39.8 Å². The van der Waals surface area contributed by atoms with Crippen molar-refractivity contribution in [2.24, 2.45) is 11.8 Å². The van der Waals surface area contributed by atoms with Gasteiger partial charge in [-0.05, 0) is 57.8 Å². The second-order valence-electron chi connectivity index (χ2n) is 6.96. The predicted octanol–water partition coefficient (Wildman–Crippen LogP) is 3.62. The van der Waals surface area contributed by atoms with Gasteiger partial charge >= 0.3 is 0 Å². The third-order valence-electron chi connectivity index (χ3n) is 5.29. The quantitative estimate of drug-likeness (QED) is 0.694. The Labute approximate surface area is 120 Å². The molecule has 0 aromatic carbocycles. The molecule has 0 amide bonds. The van der Waals surface area contributed by atoms with E-state index in [9.17, 15) is 0 Å². The van der Waals surface area contributed by atoms with E-state index in [1.807, 2.05) is 0 Å². The van der Waals surface area contributed by atoms with E-state index in [2.05, 4.69) is 23.8 Å². The summed E-state index contributed by atoms with van der Waals surface area (Å²) in [5.74, 6) is 2.00. The van der Waals surface area contributed by atoms with Crippen molar-refractivity contribution in [3.8, 4) is 0 Å². The molecule has 1 aliphatic heterocycles. The van der Waals surface area contributed by atoms with Crippen LogP contribution in [0.3, 0.4) is 0 Å². The topological polar surface area (TPSA) is 6.48 Å². The molecule has 2 heteroatoms. The average Bonchev–Trinajstić information content (AvgIpc) is 2.87. The lowest BCUT2D eigenvalue weighted by atomic mass is 9.86. The lowest BCUT2D eigenvalue weighted by molar-refractivity contribution is 0.258. The maximum atomic E-state index is 2.72. The molecule has 0 aromatic heterocycles. The number of hydrogen-bond donors (Lipinski definition) is 0. The molecule has 2 rings (SSSR count). The average molecular weight is 266 g/mol. The van der Waals surface area contributed by atoms with Crippen LogP contribution in [0.15, 0.2) is 0 Å². The van der Waals surface area contributed by atoms with Gasteiger partial charge in [-0.25, -0.2) is 0 Å². The van der Waals surface area contributed by atoms with E-state index in [4.69, 9.17) is 0 Å². The maximum Gasteiger partial charge on any atom is 0.00224 e. The van der Waals surface area contributed by atoms with Gasteiger partial charge in [0, 0.05) is 13.1 Å². The molecule has 0 aromatic rings. The third-order valence-corrected chi connectivity index (χ3v) is 5.29. The van der Waals surface area contributed by atoms with Crippen LogP contribution in [0.5, 0.6) is 0 Å². The fourth-order valence-corrected chi connectivity index (χ4v) is 3.91. The van der Waals surface area contributed by atoms with Gasteiger partial charge in [0.15, 0.2) is 0 Å². The number of likely N-dealkylation sites (tertiary alicyclic amines) is 1. The molecule has 19 heavy (non-hydrogen) atoms. The highest BCUT2D eigenvalue weighted by Gasteiger charge is 2.23. The summed E-state index contributed by atoms with van der Waals surface area (Å²) in [7, 11) is 2.26. The van der Waals surface area contributed by atoms with Crippen molar-refractivity contribution >= 4 is 0 Å². The monoisotopic (exact) mass is 266 g/mol. The highest BCUT2D eigenvalue weighted by atomic mass is 15.2. The fraction of sp³-hybridized carbons (Fsp3) is 1.00. The van der Waals surface area contributed by atoms with Crippen LogP contribution in [0.4, 0.5) is 0 Å². The largest absolute Gasteiger partial charge is 0.306 e. The summed E-state index contributed by atoms with van der Waals surface area (Å²) in [5.41, 5.74) is 0. The van der Waals surface area contributed by atoms with Crippen LogP contribution in [0.2, 0.25) is 0 Å². The van der Waals surface area contributed by atoms with Gasteiger partial charge in [-0.2, -0.15) is 0 Å². The van der Waals surface area contributed by atoms with Crippen LogP contribution >= 0.6 is 0 Å². The van der Waals surface area contributed by atoms with Crippen LogP contribution in [-0.4, -0.2) is 49.6 Å². The molecule has 1 aliphatic carbocycles. The Bertz CT molecular complexity index is 235. The van der Waals surface area contributed by atoms with Crippen LogP contribution in [0.25, 0.3) is 0 Å². The van der Waals surface area contributed by atoms with E-state index in [0.29, 0.717) is 0 Å². The summed E-state index contributed by atoms with van der Waals surface area (Å²) >= 11 is 0. The van der Waals surface area contributed by atoms with E-state index in [0.717, 1.165) is 11.8 Å². The van der Waals surface area contributed by atoms with Crippen LogP contribution in [-0.2, 0) is 0 Å². The Morgan fingerprint density at radius 1 is 1.05 bits per heavy atom. The fourth-order valence-electron chi connectivity index (χ4n) is 3.91. The molecule has 2 nitrogen and oxygen atoms in total. The Balaban J connectivity index is 1.54. The van der Waals surface area contributed by atoms with Crippen molar-refractivity contribution < 1.29 is 0 Å². The Hall–Kier alpha value is -0.0800. The van der Waals surface area contributed by atoms with E-state index in [-0.39, 0.29) is 0 Å². The summed E-state index contributed by atoms with van der Waals surface area (Å²) in [5, 5.41) is 0. The van der Waals surface area contributed by atoms with E-state index < -0.39 is 0 Å². The van der Waals surface area contributed by atoms with Gasteiger partial charge in [0.1, 0.15) is 0 Å². The summed E-state index contributed by atoms with van der Waals surface area (Å²) in [6.45, 7) is 8.83. The zero-order chi connectivity index (χ0) is 13.5. The first-order valence-corrected chi connectivity index (χ1v) is 8.68. The van der Waals surface area contributed by atoms with Crippen molar-refractivity contribution in [3.63, 3.8) is 0 Å². The molecular weight excluding hydrogens is 232 g/mol. The molecule has 2 aliphatic rings. The third kappa shape index (κ3) is 5.43. The molecule has 0 N–H and O–H groups in total. The highest BCUT2D eigenvalue weighted by Crippen LogP contribution is 2.27. The predicted molar refractivity (Wildman–Crippen MR) is 83.5 cm³/mol. The molecule has 0 unspecified atom stereocenters. The van der Waals surface area contributed by atoms with E-state index in [1.54, 1.807) is 0 Å². The van der Waals surface area contributed by atoms with Crippen LogP contribution in [0.1, 0.15) is 58.3 Å². The molecule has 1 heterocycles. The first-order valence-electron chi connectivity index (χ1n) is 8.68. The summed E-state index contributed by atoms with van der Waals surface area (Å²) in [6, 6.07) is 0. The Morgan fingerprint density at radius 2 is 1.84 bits per heavy atom.